The summed E-state index contributed by atoms with van der Waals surface area (Å²) >= 11 is 0. The zero-order chi connectivity index (χ0) is 18.1. The lowest BCUT2D eigenvalue weighted by Gasteiger charge is -2.31. The molecule has 8 heteroatoms. The molecule has 0 saturated carbocycles. The maximum absolute atomic E-state index is 12.7. The van der Waals surface area contributed by atoms with E-state index in [0.29, 0.717) is 24.4 Å². The Morgan fingerprint density at radius 2 is 1.96 bits per heavy atom. The molecule has 1 N–H and O–H groups in total. The molecule has 3 aromatic rings. The number of hydrogen-bond acceptors (Lipinski definition) is 5. The minimum Gasteiger partial charge on any atom is -0.341 e. The van der Waals surface area contributed by atoms with Gasteiger partial charge >= 0.3 is 0 Å². The number of likely N-dealkylation sites (tertiary alicyclic amines) is 1. The molecule has 1 fully saturated rings. The van der Waals surface area contributed by atoms with Gasteiger partial charge < -0.3 is 4.90 Å². The van der Waals surface area contributed by atoms with Gasteiger partial charge in [-0.1, -0.05) is 18.2 Å². The van der Waals surface area contributed by atoms with Gasteiger partial charge in [0.1, 0.15) is 18.7 Å². The number of nitrogens with one attached hydrogen (secondary N) is 1. The molecule has 4 rings (SSSR count). The topological polar surface area (TPSA) is 96.8 Å². The van der Waals surface area contributed by atoms with Crippen molar-refractivity contribution in [2.24, 2.45) is 0 Å². The van der Waals surface area contributed by atoms with Gasteiger partial charge in [0.25, 0.3) is 5.56 Å². The molecule has 1 aromatic carbocycles. The van der Waals surface area contributed by atoms with E-state index in [1.54, 1.807) is 11.0 Å². The van der Waals surface area contributed by atoms with Gasteiger partial charge in [-0.2, -0.15) is 10.2 Å². The first-order chi connectivity index (χ1) is 12.6. The third kappa shape index (κ3) is 2.98. The Labute approximate surface area is 149 Å². The van der Waals surface area contributed by atoms with Gasteiger partial charge in [0.05, 0.1) is 11.1 Å². The first-order valence-corrected chi connectivity index (χ1v) is 8.73. The van der Waals surface area contributed by atoms with Crippen molar-refractivity contribution in [1.82, 2.24) is 29.9 Å². The largest absolute Gasteiger partial charge is 0.341 e. The third-order valence-electron chi connectivity index (χ3n) is 5.01. The minimum atomic E-state index is -0.226. The zero-order valence-corrected chi connectivity index (χ0v) is 14.6. The molecule has 3 heterocycles. The first kappa shape index (κ1) is 16.4. The van der Waals surface area contributed by atoms with Crippen LogP contribution in [0.4, 0.5) is 0 Å². The molecule has 0 atom stereocenters. The van der Waals surface area contributed by atoms with Crippen LogP contribution in [0.15, 0.2) is 35.4 Å². The fraction of sp³-hybridized carbons (Fsp3) is 0.389. The van der Waals surface area contributed by atoms with Crippen LogP contribution < -0.4 is 5.56 Å². The van der Waals surface area contributed by atoms with Gasteiger partial charge in [-0.15, -0.1) is 0 Å². The molecule has 1 amide bonds. The van der Waals surface area contributed by atoms with Crippen molar-refractivity contribution in [3.63, 3.8) is 0 Å². The number of benzene rings is 1. The van der Waals surface area contributed by atoms with Crippen LogP contribution in [0.2, 0.25) is 0 Å². The molecular weight excluding hydrogens is 332 g/mol. The number of H-pyrrole nitrogens is 1. The smallest absolute Gasteiger partial charge is 0.275 e. The van der Waals surface area contributed by atoms with Crippen LogP contribution in [-0.2, 0) is 11.3 Å². The summed E-state index contributed by atoms with van der Waals surface area (Å²) in [4.78, 5) is 31.3. The summed E-state index contributed by atoms with van der Waals surface area (Å²) in [5.74, 6) is 1.09. The van der Waals surface area contributed by atoms with Gasteiger partial charge in [0.15, 0.2) is 0 Å². The molecule has 26 heavy (non-hydrogen) atoms. The van der Waals surface area contributed by atoms with E-state index in [9.17, 15) is 9.59 Å². The quantitative estimate of drug-likeness (QED) is 0.765. The number of nitrogens with zero attached hydrogens (tertiary/aromatic N) is 5. The summed E-state index contributed by atoms with van der Waals surface area (Å²) in [7, 11) is 0. The van der Waals surface area contributed by atoms with Crippen molar-refractivity contribution in [2.75, 3.05) is 13.1 Å². The van der Waals surface area contributed by atoms with Crippen molar-refractivity contribution in [1.29, 1.82) is 0 Å². The molecule has 1 aliphatic rings. The van der Waals surface area contributed by atoms with E-state index in [-0.39, 0.29) is 18.0 Å². The number of carbonyl (C=O) groups excluding carboxylic acids is 1. The molecule has 134 valence electrons. The fourth-order valence-electron chi connectivity index (χ4n) is 3.55. The van der Waals surface area contributed by atoms with E-state index in [1.165, 1.54) is 11.0 Å². The molecule has 1 aliphatic heterocycles. The van der Waals surface area contributed by atoms with Crippen molar-refractivity contribution in [3.8, 4) is 0 Å². The van der Waals surface area contributed by atoms with Gasteiger partial charge in [0, 0.05) is 24.4 Å². The Balaban J connectivity index is 1.48. The standard InChI is InChI=1S/C18H20N6O2/c1-12-14-4-2-3-5-15(14)18(26)24(22-12)10-16(25)23-8-6-13(7-9-23)17-19-11-20-21-17/h2-5,11,13H,6-10H2,1H3,(H,19,20,21). The van der Waals surface area contributed by atoms with Crippen molar-refractivity contribution in [2.45, 2.75) is 32.2 Å². The number of rotatable bonds is 3. The lowest BCUT2D eigenvalue weighted by molar-refractivity contribution is -0.133. The molecule has 2 aromatic heterocycles. The van der Waals surface area contributed by atoms with Crippen molar-refractivity contribution < 1.29 is 4.79 Å². The van der Waals surface area contributed by atoms with E-state index in [0.717, 1.165) is 29.7 Å². The maximum Gasteiger partial charge on any atom is 0.275 e. The number of hydrogen-bond donors (Lipinski definition) is 1. The predicted octanol–water partition coefficient (Wildman–Crippen LogP) is 1.23. The maximum atomic E-state index is 12.7. The highest BCUT2D eigenvalue weighted by molar-refractivity contribution is 5.83. The van der Waals surface area contributed by atoms with Crippen LogP contribution in [0.25, 0.3) is 10.8 Å². The second kappa shape index (κ2) is 6.70. The average Bonchev–Trinajstić information content (AvgIpc) is 3.21. The Morgan fingerprint density at radius 3 is 2.65 bits per heavy atom. The van der Waals surface area contributed by atoms with Gasteiger partial charge in [-0.3, -0.25) is 14.7 Å². The van der Waals surface area contributed by atoms with Gasteiger partial charge in [0.2, 0.25) is 5.91 Å². The van der Waals surface area contributed by atoms with Crippen LogP contribution in [0.3, 0.4) is 0 Å². The summed E-state index contributed by atoms with van der Waals surface area (Å²) in [6.45, 7) is 3.11. The fourth-order valence-corrected chi connectivity index (χ4v) is 3.55. The van der Waals surface area contributed by atoms with Gasteiger partial charge in [-0.05, 0) is 25.8 Å². The van der Waals surface area contributed by atoms with Crippen LogP contribution in [0.5, 0.6) is 0 Å². The summed E-state index contributed by atoms with van der Waals surface area (Å²) in [6, 6.07) is 7.35. The van der Waals surface area contributed by atoms with Crippen LogP contribution >= 0.6 is 0 Å². The molecule has 0 bridgehead atoms. The number of aromatic nitrogens is 5. The first-order valence-electron chi connectivity index (χ1n) is 8.73. The highest BCUT2D eigenvalue weighted by atomic mass is 16.2. The lowest BCUT2D eigenvalue weighted by atomic mass is 9.96. The average molecular weight is 352 g/mol. The second-order valence-corrected chi connectivity index (χ2v) is 6.62. The van der Waals surface area contributed by atoms with E-state index >= 15 is 0 Å². The highest BCUT2D eigenvalue weighted by Gasteiger charge is 2.26. The van der Waals surface area contributed by atoms with Crippen LogP contribution in [0, 0.1) is 6.92 Å². The van der Waals surface area contributed by atoms with E-state index < -0.39 is 0 Å². The Kier molecular flexibility index (Phi) is 4.24. The normalized spacial score (nSPS) is 15.5. The number of fused-ring (bicyclic) bond motifs is 1. The van der Waals surface area contributed by atoms with E-state index in [1.807, 2.05) is 25.1 Å². The summed E-state index contributed by atoms with van der Waals surface area (Å²) in [6.07, 6.45) is 3.17. The molecule has 8 nitrogen and oxygen atoms in total. The molecule has 0 unspecified atom stereocenters. The number of aryl methyl sites for hydroxylation is 1. The minimum absolute atomic E-state index is 0.0303. The van der Waals surface area contributed by atoms with Crippen molar-refractivity contribution >= 4 is 16.7 Å². The molecule has 0 aliphatic carbocycles. The number of piperidine rings is 1. The van der Waals surface area contributed by atoms with Crippen LogP contribution in [-0.4, -0.2) is 48.9 Å². The Hall–Kier alpha value is -3.03. The molecule has 0 radical (unpaired) electrons. The Bertz CT molecular complexity index is 987. The SMILES string of the molecule is Cc1nn(CC(=O)N2CCC(c3ncn[nH]3)CC2)c(=O)c2ccccc12. The zero-order valence-electron chi connectivity index (χ0n) is 14.6. The van der Waals surface area contributed by atoms with Crippen molar-refractivity contribution in [3.05, 3.63) is 52.5 Å². The highest BCUT2D eigenvalue weighted by Crippen LogP contribution is 2.25. The number of aromatic amines is 1. The summed E-state index contributed by atoms with van der Waals surface area (Å²) in [5.41, 5.74) is 0.521. The number of carbonyl (C=O) groups is 1. The molecular formula is C18H20N6O2. The molecule has 1 saturated heterocycles. The predicted molar refractivity (Wildman–Crippen MR) is 95.7 cm³/mol. The molecule has 0 spiro atoms. The summed E-state index contributed by atoms with van der Waals surface area (Å²) < 4.78 is 1.28. The van der Waals surface area contributed by atoms with E-state index in [2.05, 4.69) is 20.3 Å². The Morgan fingerprint density at radius 1 is 1.23 bits per heavy atom. The monoisotopic (exact) mass is 352 g/mol. The number of amides is 1. The van der Waals surface area contributed by atoms with E-state index in [4.69, 9.17) is 0 Å². The van der Waals surface area contributed by atoms with Crippen LogP contribution in [0.1, 0.15) is 30.3 Å². The summed E-state index contributed by atoms with van der Waals surface area (Å²) in [5, 5.41) is 12.5. The lowest BCUT2D eigenvalue weighted by Crippen LogP contribution is -2.42. The second-order valence-electron chi connectivity index (χ2n) is 6.62. The van der Waals surface area contributed by atoms with Gasteiger partial charge in [-0.25, -0.2) is 9.67 Å². The third-order valence-corrected chi connectivity index (χ3v) is 5.01.